The number of hydrogen-bond donors (Lipinski definition) is 1. The van der Waals surface area contributed by atoms with Crippen molar-refractivity contribution in [3.63, 3.8) is 0 Å². The van der Waals surface area contributed by atoms with Gasteiger partial charge in [-0.1, -0.05) is 0 Å². The summed E-state index contributed by atoms with van der Waals surface area (Å²) in [5.74, 6) is -0.418. The number of carbonyl (C=O) groups excluding carboxylic acids is 1. The topological polar surface area (TPSA) is 68.3 Å². The summed E-state index contributed by atoms with van der Waals surface area (Å²) < 4.78 is 14.6. The normalized spacial score (nSPS) is 20.4. The maximum absolute atomic E-state index is 11.2. The van der Waals surface area contributed by atoms with Crippen LogP contribution < -0.4 is 0 Å². The average Bonchev–Trinajstić information content (AvgIpc) is 2.98. The van der Waals surface area contributed by atoms with Gasteiger partial charge in [0.2, 0.25) is 0 Å². The summed E-state index contributed by atoms with van der Waals surface area (Å²) in [5.41, 5.74) is 0.374. The van der Waals surface area contributed by atoms with Crippen molar-refractivity contribution in [2.75, 3.05) is 26.4 Å². The molecule has 1 N–H and O–H groups in total. The van der Waals surface area contributed by atoms with E-state index in [1.807, 2.05) is 0 Å². The van der Waals surface area contributed by atoms with Crippen molar-refractivity contribution < 1.29 is 24.1 Å². The number of rotatable bonds is 6. The Balaban J connectivity index is 2.16. The second kappa shape index (κ2) is 5.62. The first-order valence-corrected chi connectivity index (χ1v) is 4.42. The number of epoxide rings is 1. The average molecular weight is 202 g/mol. The van der Waals surface area contributed by atoms with Crippen LogP contribution in [0.3, 0.4) is 0 Å². The highest BCUT2D eigenvalue weighted by Gasteiger charge is 2.24. The Bertz CT molecular complexity index is 219. The zero-order valence-corrected chi connectivity index (χ0v) is 8.06. The van der Waals surface area contributed by atoms with Crippen molar-refractivity contribution in [2.45, 2.75) is 13.0 Å². The van der Waals surface area contributed by atoms with Crippen molar-refractivity contribution >= 4 is 5.97 Å². The molecule has 0 saturated carbocycles. The van der Waals surface area contributed by atoms with Gasteiger partial charge in [-0.2, -0.15) is 0 Å². The number of hydrogen-bond acceptors (Lipinski definition) is 5. The summed E-state index contributed by atoms with van der Waals surface area (Å²) in [7, 11) is 0. The van der Waals surface area contributed by atoms with Crippen LogP contribution in [0.5, 0.6) is 0 Å². The van der Waals surface area contributed by atoms with Crippen LogP contribution in [0.2, 0.25) is 0 Å². The Morgan fingerprint density at radius 3 is 3.00 bits per heavy atom. The molecule has 0 radical (unpaired) electrons. The molecule has 1 aliphatic heterocycles. The van der Waals surface area contributed by atoms with Crippen LogP contribution in [0.1, 0.15) is 6.92 Å². The van der Waals surface area contributed by atoms with Gasteiger partial charge in [0.25, 0.3) is 0 Å². The first-order chi connectivity index (χ1) is 6.74. The van der Waals surface area contributed by atoms with Crippen LogP contribution in [-0.4, -0.2) is 43.6 Å². The van der Waals surface area contributed by atoms with Crippen molar-refractivity contribution in [3.8, 4) is 0 Å². The zero-order chi connectivity index (χ0) is 10.4. The van der Waals surface area contributed by atoms with Gasteiger partial charge >= 0.3 is 5.97 Å². The van der Waals surface area contributed by atoms with Gasteiger partial charge in [0.1, 0.15) is 19.3 Å². The maximum atomic E-state index is 11.2. The second-order valence-corrected chi connectivity index (χ2v) is 2.95. The number of ether oxygens (including phenoxy) is 3. The third-order valence-corrected chi connectivity index (χ3v) is 1.59. The molecule has 1 unspecified atom stereocenters. The fourth-order valence-electron chi connectivity index (χ4n) is 0.731. The number of aliphatic hydroxyl groups is 1. The molecule has 0 aliphatic carbocycles. The monoisotopic (exact) mass is 202 g/mol. The Kier molecular flexibility index (Phi) is 4.42. The predicted octanol–water partition coefficient (Wildman–Crippen LogP) is -0.159. The summed E-state index contributed by atoms with van der Waals surface area (Å²) >= 11 is 0. The quantitative estimate of drug-likeness (QED) is 0.213. The number of aliphatic hydroxyl groups excluding tert-OH is 1. The molecular weight excluding hydrogens is 188 g/mol. The molecule has 1 fully saturated rings. The lowest BCUT2D eigenvalue weighted by atomic mass is 10.3. The number of esters is 1. The molecule has 14 heavy (non-hydrogen) atoms. The molecule has 0 aromatic carbocycles. The third-order valence-electron chi connectivity index (χ3n) is 1.59. The minimum absolute atomic E-state index is 0.0742. The van der Waals surface area contributed by atoms with Crippen LogP contribution in [0.4, 0.5) is 0 Å². The van der Waals surface area contributed by atoms with Crippen LogP contribution in [-0.2, 0) is 19.0 Å². The van der Waals surface area contributed by atoms with E-state index in [1.165, 1.54) is 6.26 Å². The Hall–Kier alpha value is -1.07. The zero-order valence-electron chi connectivity index (χ0n) is 8.06. The van der Waals surface area contributed by atoms with Gasteiger partial charge in [0, 0.05) is 0 Å². The molecule has 5 nitrogen and oxygen atoms in total. The molecule has 80 valence electrons. The fourth-order valence-corrected chi connectivity index (χ4v) is 0.731. The summed E-state index contributed by atoms with van der Waals surface area (Å²) in [5, 5.41) is 8.42. The Morgan fingerprint density at radius 2 is 2.43 bits per heavy atom. The summed E-state index contributed by atoms with van der Waals surface area (Å²) in [6.07, 6.45) is 1.36. The standard InChI is InChI=1S/C9H14O5/c1-7(4-12-3-2-10)9(11)14-6-8-5-13-8/h4,8,10H,2-3,5-6H2,1H3. The van der Waals surface area contributed by atoms with Gasteiger partial charge in [0.05, 0.1) is 25.0 Å². The van der Waals surface area contributed by atoms with Gasteiger partial charge in [-0.3, -0.25) is 0 Å². The van der Waals surface area contributed by atoms with Gasteiger partial charge in [0.15, 0.2) is 0 Å². The molecule has 1 saturated heterocycles. The van der Waals surface area contributed by atoms with Crippen LogP contribution >= 0.6 is 0 Å². The van der Waals surface area contributed by atoms with E-state index in [4.69, 9.17) is 19.3 Å². The smallest absolute Gasteiger partial charge is 0.336 e. The Morgan fingerprint density at radius 1 is 1.71 bits per heavy atom. The van der Waals surface area contributed by atoms with E-state index in [0.717, 1.165) is 0 Å². The molecule has 0 bridgehead atoms. The second-order valence-electron chi connectivity index (χ2n) is 2.95. The van der Waals surface area contributed by atoms with Gasteiger partial charge in [-0.25, -0.2) is 4.79 Å². The van der Waals surface area contributed by atoms with E-state index in [-0.39, 0.29) is 19.3 Å². The van der Waals surface area contributed by atoms with Gasteiger partial charge in [-0.05, 0) is 6.92 Å². The molecular formula is C9H14O5. The van der Waals surface area contributed by atoms with E-state index in [2.05, 4.69) is 0 Å². The van der Waals surface area contributed by atoms with Crippen LogP contribution in [0.15, 0.2) is 11.8 Å². The van der Waals surface area contributed by atoms with E-state index < -0.39 is 5.97 Å². The summed E-state index contributed by atoms with van der Waals surface area (Å²) in [6.45, 7) is 2.65. The van der Waals surface area contributed by atoms with Gasteiger partial charge < -0.3 is 19.3 Å². The molecule has 1 rings (SSSR count). The first kappa shape index (κ1) is 11.0. The molecule has 1 atom stereocenters. The molecule has 1 aliphatic rings. The lowest BCUT2D eigenvalue weighted by Crippen LogP contribution is -2.11. The van der Waals surface area contributed by atoms with E-state index in [1.54, 1.807) is 6.92 Å². The molecule has 0 amide bonds. The van der Waals surface area contributed by atoms with E-state index >= 15 is 0 Å². The molecule has 1 heterocycles. The van der Waals surface area contributed by atoms with Crippen molar-refractivity contribution in [1.29, 1.82) is 0 Å². The van der Waals surface area contributed by atoms with Crippen molar-refractivity contribution in [1.82, 2.24) is 0 Å². The lowest BCUT2D eigenvalue weighted by Gasteiger charge is -2.03. The van der Waals surface area contributed by atoms with Gasteiger partial charge in [-0.15, -0.1) is 0 Å². The van der Waals surface area contributed by atoms with E-state index in [0.29, 0.717) is 18.8 Å². The third kappa shape index (κ3) is 4.25. The molecule has 0 spiro atoms. The number of carbonyl (C=O) groups is 1. The molecule has 0 aromatic heterocycles. The Labute approximate surface area is 82.3 Å². The summed E-state index contributed by atoms with van der Waals surface area (Å²) in [4.78, 5) is 11.2. The first-order valence-electron chi connectivity index (χ1n) is 4.42. The minimum atomic E-state index is -0.418. The maximum Gasteiger partial charge on any atom is 0.336 e. The molecule has 5 heteroatoms. The highest BCUT2D eigenvalue weighted by Crippen LogP contribution is 2.09. The highest BCUT2D eigenvalue weighted by molar-refractivity contribution is 5.87. The molecule has 0 aromatic rings. The van der Waals surface area contributed by atoms with E-state index in [9.17, 15) is 4.79 Å². The largest absolute Gasteiger partial charge is 0.498 e. The van der Waals surface area contributed by atoms with Crippen molar-refractivity contribution in [2.24, 2.45) is 0 Å². The highest BCUT2D eigenvalue weighted by atomic mass is 16.6. The predicted molar refractivity (Wildman–Crippen MR) is 47.5 cm³/mol. The minimum Gasteiger partial charge on any atom is -0.498 e. The SMILES string of the molecule is CC(=COCCO)C(=O)OCC1CO1. The van der Waals surface area contributed by atoms with Crippen LogP contribution in [0, 0.1) is 0 Å². The lowest BCUT2D eigenvalue weighted by molar-refractivity contribution is -0.139. The van der Waals surface area contributed by atoms with Crippen LogP contribution in [0.25, 0.3) is 0 Å². The summed E-state index contributed by atoms with van der Waals surface area (Å²) in [6, 6.07) is 0. The fraction of sp³-hybridized carbons (Fsp3) is 0.667. The van der Waals surface area contributed by atoms with Crippen molar-refractivity contribution in [3.05, 3.63) is 11.8 Å².